The second-order valence-corrected chi connectivity index (χ2v) is 5.82. The fourth-order valence-corrected chi connectivity index (χ4v) is 2.65. The van der Waals surface area contributed by atoms with Gasteiger partial charge in [-0.3, -0.25) is 4.68 Å². The molecule has 0 radical (unpaired) electrons. The van der Waals surface area contributed by atoms with E-state index in [2.05, 4.69) is 58.7 Å². The van der Waals surface area contributed by atoms with Crippen molar-refractivity contribution in [1.82, 2.24) is 15.1 Å². The van der Waals surface area contributed by atoms with E-state index in [9.17, 15) is 0 Å². The second kappa shape index (κ2) is 6.55. The number of nitrogens with zero attached hydrogens (tertiary/aromatic N) is 2. The highest BCUT2D eigenvalue weighted by atomic mass is 79.9. The molecular weight excluding hydrogens is 278 g/mol. The number of aryl methyl sites for hydroxylation is 1. The average Bonchev–Trinajstić information content (AvgIpc) is 2.63. The van der Waals surface area contributed by atoms with Crippen LogP contribution in [0.5, 0.6) is 0 Å². The van der Waals surface area contributed by atoms with Gasteiger partial charge >= 0.3 is 0 Å². The normalized spacial score (nSPS) is 15.2. The molecule has 2 atom stereocenters. The van der Waals surface area contributed by atoms with Crippen molar-refractivity contribution in [2.75, 3.05) is 7.05 Å². The van der Waals surface area contributed by atoms with Gasteiger partial charge in [0, 0.05) is 6.54 Å². The molecule has 1 rings (SSSR count). The van der Waals surface area contributed by atoms with E-state index in [1.54, 1.807) is 0 Å². The van der Waals surface area contributed by atoms with Gasteiger partial charge in [0.2, 0.25) is 0 Å². The summed E-state index contributed by atoms with van der Waals surface area (Å²) in [4.78, 5) is 0. The molecule has 17 heavy (non-hydrogen) atoms. The van der Waals surface area contributed by atoms with Gasteiger partial charge < -0.3 is 5.32 Å². The van der Waals surface area contributed by atoms with Crippen LogP contribution >= 0.6 is 15.9 Å². The lowest BCUT2D eigenvalue weighted by atomic mass is 9.88. The highest BCUT2D eigenvalue weighted by molar-refractivity contribution is 9.10. The third kappa shape index (κ3) is 3.32. The number of nitrogens with one attached hydrogen (secondary N) is 1. The topological polar surface area (TPSA) is 29.9 Å². The first-order valence-electron chi connectivity index (χ1n) is 6.41. The highest BCUT2D eigenvalue weighted by Crippen LogP contribution is 2.32. The van der Waals surface area contributed by atoms with Crippen LogP contribution in [0.1, 0.15) is 45.9 Å². The molecule has 3 nitrogen and oxygen atoms in total. The van der Waals surface area contributed by atoms with Gasteiger partial charge in [-0.05, 0) is 41.2 Å². The summed E-state index contributed by atoms with van der Waals surface area (Å²) in [5, 5.41) is 7.88. The zero-order valence-corrected chi connectivity index (χ0v) is 13.1. The second-order valence-electron chi connectivity index (χ2n) is 4.97. The molecule has 0 aromatic carbocycles. The fourth-order valence-electron chi connectivity index (χ4n) is 2.10. The van der Waals surface area contributed by atoms with Crippen LogP contribution in [-0.2, 0) is 6.54 Å². The Balaban J connectivity index is 3.05. The Labute approximate surface area is 113 Å². The van der Waals surface area contributed by atoms with Crippen LogP contribution in [0, 0.1) is 11.8 Å². The molecule has 2 unspecified atom stereocenters. The molecule has 0 fully saturated rings. The molecule has 0 amide bonds. The van der Waals surface area contributed by atoms with Crippen molar-refractivity contribution in [1.29, 1.82) is 0 Å². The van der Waals surface area contributed by atoms with E-state index in [1.165, 1.54) is 5.69 Å². The molecule has 98 valence electrons. The van der Waals surface area contributed by atoms with Crippen molar-refractivity contribution in [3.05, 3.63) is 16.4 Å². The van der Waals surface area contributed by atoms with Gasteiger partial charge in [0.25, 0.3) is 0 Å². The van der Waals surface area contributed by atoms with Crippen molar-refractivity contribution in [2.45, 2.75) is 46.7 Å². The van der Waals surface area contributed by atoms with Crippen molar-refractivity contribution in [3.63, 3.8) is 0 Å². The molecule has 0 saturated heterocycles. The third-order valence-electron chi connectivity index (χ3n) is 3.45. The Morgan fingerprint density at radius 3 is 2.53 bits per heavy atom. The standard InChI is InChI=1S/C13H24BrN3/c1-6-7-17-13(11(14)8-16-17)12(15-5)10(4)9(2)3/h8-10,12,15H,6-7H2,1-5H3. The van der Waals surface area contributed by atoms with Crippen molar-refractivity contribution < 1.29 is 0 Å². The van der Waals surface area contributed by atoms with Gasteiger partial charge in [-0.25, -0.2) is 0 Å². The largest absolute Gasteiger partial charge is 0.311 e. The number of hydrogen-bond acceptors (Lipinski definition) is 2. The molecule has 4 heteroatoms. The summed E-state index contributed by atoms with van der Waals surface area (Å²) < 4.78 is 3.22. The number of aromatic nitrogens is 2. The summed E-state index contributed by atoms with van der Waals surface area (Å²) in [6.07, 6.45) is 3.01. The lowest BCUT2D eigenvalue weighted by Gasteiger charge is -2.27. The molecule has 1 aromatic rings. The first-order valence-corrected chi connectivity index (χ1v) is 7.20. The van der Waals surface area contributed by atoms with Crippen LogP contribution in [0.25, 0.3) is 0 Å². The lowest BCUT2D eigenvalue weighted by Crippen LogP contribution is -2.29. The zero-order valence-electron chi connectivity index (χ0n) is 11.5. The quantitative estimate of drug-likeness (QED) is 0.870. The van der Waals surface area contributed by atoms with Gasteiger partial charge in [-0.15, -0.1) is 0 Å². The van der Waals surface area contributed by atoms with Crippen molar-refractivity contribution >= 4 is 15.9 Å². The monoisotopic (exact) mass is 301 g/mol. The predicted octanol–water partition coefficient (Wildman–Crippen LogP) is 3.61. The molecule has 1 aromatic heterocycles. The fraction of sp³-hybridized carbons (Fsp3) is 0.769. The summed E-state index contributed by atoms with van der Waals surface area (Å²) in [6, 6.07) is 0.346. The Bertz CT molecular complexity index is 346. The van der Waals surface area contributed by atoms with E-state index in [-0.39, 0.29) is 0 Å². The molecule has 0 aliphatic carbocycles. The minimum Gasteiger partial charge on any atom is -0.311 e. The Morgan fingerprint density at radius 2 is 2.06 bits per heavy atom. The Hall–Kier alpha value is -0.350. The first kappa shape index (κ1) is 14.7. The van der Waals surface area contributed by atoms with Gasteiger partial charge in [-0.2, -0.15) is 5.10 Å². The number of halogens is 1. The molecule has 0 spiro atoms. The SMILES string of the molecule is CCCn1ncc(Br)c1C(NC)C(C)C(C)C. The number of rotatable bonds is 6. The van der Waals surface area contributed by atoms with Crippen molar-refractivity contribution in [2.24, 2.45) is 11.8 Å². The summed E-state index contributed by atoms with van der Waals surface area (Å²) in [5.74, 6) is 1.22. The van der Waals surface area contributed by atoms with Gasteiger partial charge in [0.15, 0.2) is 0 Å². The average molecular weight is 302 g/mol. The molecule has 0 saturated carbocycles. The summed E-state index contributed by atoms with van der Waals surface area (Å²) in [5.41, 5.74) is 1.27. The molecular formula is C13H24BrN3. The lowest BCUT2D eigenvalue weighted by molar-refractivity contribution is 0.300. The van der Waals surface area contributed by atoms with E-state index in [1.807, 2.05) is 13.2 Å². The minimum absolute atomic E-state index is 0.346. The third-order valence-corrected chi connectivity index (χ3v) is 4.06. The maximum Gasteiger partial charge on any atom is 0.0698 e. The zero-order chi connectivity index (χ0) is 13.0. The molecule has 1 N–H and O–H groups in total. The van der Waals surface area contributed by atoms with Crippen molar-refractivity contribution in [3.8, 4) is 0 Å². The Morgan fingerprint density at radius 1 is 1.41 bits per heavy atom. The predicted molar refractivity (Wildman–Crippen MR) is 76.0 cm³/mol. The van der Waals surface area contributed by atoms with E-state index in [0.29, 0.717) is 17.9 Å². The summed E-state index contributed by atoms with van der Waals surface area (Å²) in [7, 11) is 2.03. The van der Waals surface area contributed by atoms with Crippen LogP contribution in [-0.4, -0.2) is 16.8 Å². The maximum atomic E-state index is 4.45. The first-order chi connectivity index (χ1) is 8.02. The van der Waals surface area contributed by atoms with E-state index in [4.69, 9.17) is 0 Å². The van der Waals surface area contributed by atoms with Gasteiger partial charge in [0.1, 0.15) is 0 Å². The Kier molecular flexibility index (Phi) is 5.67. The minimum atomic E-state index is 0.346. The van der Waals surface area contributed by atoms with E-state index < -0.39 is 0 Å². The highest BCUT2D eigenvalue weighted by Gasteiger charge is 2.25. The van der Waals surface area contributed by atoms with Crippen LogP contribution in [0.3, 0.4) is 0 Å². The summed E-state index contributed by atoms with van der Waals surface area (Å²) in [6.45, 7) is 9.98. The maximum absolute atomic E-state index is 4.45. The van der Waals surface area contributed by atoms with Crippen LogP contribution in [0.2, 0.25) is 0 Å². The van der Waals surface area contributed by atoms with Gasteiger partial charge in [-0.1, -0.05) is 27.7 Å². The van der Waals surface area contributed by atoms with E-state index in [0.717, 1.165) is 17.4 Å². The molecule has 0 aliphatic heterocycles. The smallest absolute Gasteiger partial charge is 0.0698 e. The van der Waals surface area contributed by atoms with E-state index >= 15 is 0 Å². The molecule has 0 bridgehead atoms. The molecule has 1 heterocycles. The van der Waals surface area contributed by atoms with Crippen LogP contribution in [0.15, 0.2) is 10.7 Å². The summed E-state index contributed by atoms with van der Waals surface area (Å²) >= 11 is 3.62. The van der Waals surface area contributed by atoms with Crippen LogP contribution < -0.4 is 5.32 Å². The van der Waals surface area contributed by atoms with Gasteiger partial charge in [0.05, 0.1) is 22.4 Å². The molecule has 0 aliphatic rings. The number of hydrogen-bond donors (Lipinski definition) is 1. The van der Waals surface area contributed by atoms with Crippen LogP contribution in [0.4, 0.5) is 0 Å².